The van der Waals surface area contributed by atoms with E-state index >= 15 is 8.78 Å². The monoisotopic (exact) mass is 678 g/mol. The molecule has 13 heteroatoms. The number of ether oxygens (including phenoxy) is 1. The highest BCUT2D eigenvalue weighted by molar-refractivity contribution is 7.90. The zero-order chi connectivity index (χ0) is 33.9. The second kappa shape index (κ2) is 14.6. The van der Waals surface area contributed by atoms with Crippen molar-refractivity contribution < 1.29 is 35.5 Å². The SMILES string of the molecule is CC(C)OCC1CNC[C@H](CCc2c(F)cccc2NC(=O)[C@@H](N)CC2C=CC(F)(c3cc(F)cc(F)c3)C=C2)N1S(=O)(=O)C1CC1. The van der Waals surface area contributed by atoms with Crippen LogP contribution in [0.3, 0.4) is 0 Å². The minimum Gasteiger partial charge on any atom is -0.377 e. The van der Waals surface area contributed by atoms with Gasteiger partial charge in [-0.15, -0.1) is 0 Å². The normalized spacial score (nSPS) is 25.7. The van der Waals surface area contributed by atoms with Gasteiger partial charge in [0, 0.05) is 42.0 Å². The number of sulfonamides is 1. The third-order valence-corrected chi connectivity index (χ3v) is 11.3. The number of nitrogens with zero attached hydrogens (tertiary/aromatic N) is 1. The zero-order valence-electron chi connectivity index (χ0n) is 26.5. The highest BCUT2D eigenvalue weighted by Gasteiger charge is 2.47. The largest absolute Gasteiger partial charge is 0.377 e. The highest BCUT2D eigenvalue weighted by Crippen LogP contribution is 2.36. The van der Waals surface area contributed by atoms with Gasteiger partial charge in [0.15, 0.2) is 5.67 Å². The van der Waals surface area contributed by atoms with E-state index < -0.39 is 62.3 Å². The van der Waals surface area contributed by atoms with Gasteiger partial charge in [0.2, 0.25) is 15.9 Å². The molecule has 1 heterocycles. The summed E-state index contributed by atoms with van der Waals surface area (Å²) in [6.07, 6.45) is 7.07. The Labute approximate surface area is 273 Å². The lowest BCUT2D eigenvalue weighted by Crippen LogP contribution is -2.61. The topological polar surface area (TPSA) is 114 Å². The van der Waals surface area contributed by atoms with Crippen LogP contribution >= 0.6 is 0 Å². The molecule has 8 nitrogen and oxygen atoms in total. The molecule has 1 saturated heterocycles. The first-order valence-electron chi connectivity index (χ1n) is 16.0. The molecule has 2 aromatic rings. The van der Waals surface area contributed by atoms with Crippen LogP contribution in [0.5, 0.6) is 0 Å². The number of amides is 1. The minimum atomic E-state index is -3.57. The fourth-order valence-corrected chi connectivity index (χ4v) is 8.37. The number of benzene rings is 2. The third kappa shape index (κ3) is 8.50. The molecule has 47 heavy (non-hydrogen) atoms. The molecule has 2 aromatic carbocycles. The van der Waals surface area contributed by atoms with Crippen molar-refractivity contribution in [3.8, 4) is 0 Å². The summed E-state index contributed by atoms with van der Waals surface area (Å²) in [4.78, 5) is 13.1. The average Bonchev–Trinajstić information content (AvgIpc) is 3.87. The minimum absolute atomic E-state index is 0.0645. The number of halogens is 4. The van der Waals surface area contributed by atoms with Crippen LogP contribution in [0.1, 0.15) is 50.7 Å². The lowest BCUT2D eigenvalue weighted by atomic mass is 9.85. The number of nitrogens with one attached hydrogen (secondary N) is 2. The number of hydrogen-bond acceptors (Lipinski definition) is 6. The fourth-order valence-electron chi connectivity index (χ4n) is 6.15. The van der Waals surface area contributed by atoms with Gasteiger partial charge >= 0.3 is 0 Å². The maximum Gasteiger partial charge on any atom is 0.241 e. The van der Waals surface area contributed by atoms with Gasteiger partial charge < -0.3 is 21.1 Å². The smallest absolute Gasteiger partial charge is 0.241 e. The first-order valence-corrected chi connectivity index (χ1v) is 17.5. The number of carbonyl (C=O) groups is 1. The van der Waals surface area contributed by atoms with Crippen molar-refractivity contribution in [2.24, 2.45) is 11.7 Å². The molecule has 2 fully saturated rings. The number of nitrogens with two attached hydrogens (primary N) is 1. The molecule has 1 unspecified atom stereocenters. The van der Waals surface area contributed by atoms with Gasteiger partial charge in [-0.2, -0.15) is 4.31 Å². The molecule has 0 aromatic heterocycles. The number of hydrogen-bond donors (Lipinski definition) is 3. The van der Waals surface area contributed by atoms with E-state index in [-0.39, 0.29) is 48.4 Å². The van der Waals surface area contributed by atoms with Gasteiger partial charge in [-0.05, 0) is 88.3 Å². The summed E-state index contributed by atoms with van der Waals surface area (Å²) in [5.74, 6) is -3.34. The summed E-state index contributed by atoms with van der Waals surface area (Å²) in [7, 11) is -3.57. The quantitative estimate of drug-likeness (QED) is 0.206. The molecule has 256 valence electrons. The van der Waals surface area contributed by atoms with Crippen molar-refractivity contribution in [3.63, 3.8) is 0 Å². The maximum atomic E-state index is 15.4. The van der Waals surface area contributed by atoms with Crippen molar-refractivity contribution in [2.75, 3.05) is 25.0 Å². The van der Waals surface area contributed by atoms with Gasteiger partial charge in [0.05, 0.1) is 30.0 Å². The van der Waals surface area contributed by atoms with Gasteiger partial charge in [0.25, 0.3) is 0 Å². The van der Waals surface area contributed by atoms with Gasteiger partial charge in [-0.1, -0.05) is 18.2 Å². The van der Waals surface area contributed by atoms with Crippen LogP contribution in [0.4, 0.5) is 23.2 Å². The Hall–Kier alpha value is -3.10. The molecule has 4 N–H and O–H groups in total. The summed E-state index contributed by atoms with van der Waals surface area (Å²) in [5.41, 5.74) is 4.25. The maximum absolute atomic E-state index is 15.4. The third-order valence-electron chi connectivity index (χ3n) is 8.79. The number of carbonyl (C=O) groups excluding carboxylic acids is 1. The summed E-state index contributed by atoms with van der Waals surface area (Å²) < 4.78 is 92.3. The van der Waals surface area contributed by atoms with Gasteiger partial charge in [-0.25, -0.2) is 26.0 Å². The standard InChI is InChI=1S/C34H42F4N4O4S/c1-21(2)46-20-27-19-40-18-26(42(27)47(44,45)28-7-8-28)6-9-29-30(37)4-3-5-32(29)41-33(43)31(39)14-22-10-12-34(38,13-11-22)23-15-24(35)17-25(36)16-23/h3-5,10-13,15-17,21-22,26-28,31,40H,6-9,14,18-20,39H2,1-2H3,(H,41,43)/t22?,26-,27?,31-,34?/m0/s1. The first-order chi connectivity index (χ1) is 22.3. The van der Waals surface area contributed by atoms with Crippen LogP contribution < -0.4 is 16.4 Å². The first kappa shape index (κ1) is 35.2. The van der Waals surface area contributed by atoms with E-state index in [4.69, 9.17) is 10.5 Å². The number of anilines is 1. The predicted octanol–water partition coefficient (Wildman–Crippen LogP) is 4.86. The number of alkyl halides is 1. The Morgan fingerprint density at radius 3 is 2.38 bits per heavy atom. The van der Waals surface area contributed by atoms with E-state index in [2.05, 4.69) is 10.6 Å². The van der Waals surface area contributed by atoms with Crippen molar-refractivity contribution >= 4 is 21.6 Å². The Balaban J connectivity index is 1.23. The fraction of sp³-hybridized carbons (Fsp3) is 0.500. The molecule has 3 atom stereocenters. The highest BCUT2D eigenvalue weighted by atomic mass is 32.2. The molecule has 0 spiro atoms. The molecule has 3 aliphatic rings. The van der Waals surface area contributed by atoms with E-state index in [0.717, 1.165) is 12.1 Å². The van der Waals surface area contributed by atoms with E-state index in [1.807, 2.05) is 13.8 Å². The van der Waals surface area contributed by atoms with Gasteiger partial charge in [-0.3, -0.25) is 4.79 Å². The van der Waals surface area contributed by atoms with Crippen LogP contribution in [-0.4, -0.2) is 67.8 Å². The Kier molecular flexibility index (Phi) is 10.9. The van der Waals surface area contributed by atoms with Crippen molar-refractivity contribution in [2.45, 2.75) is 81.1 Å². The zero-order valence-corrected chi connectivity index (χ0v) is 27.3. The molecule has 0 radical (unpaired) electrons. The lowest BCUT2D eigenvalue weighted by molar-refractivity contribution is -0.117. The molecule has 2 aliphatic carbocycles. The molecule has 1 aliphatic heterocycles. The van der Waals surface area contributed by atoms with E-state index in [1.54, 1.807) is 10.4 Å². The Bertz CT molecular complexity index is 1580. The van der Waals surface area contributed by atoms with Crippen molar-refractivity contribution in [3.05, 3.63) is 89.3 Å². The lowest BCUT2D eigenvalue weighted by Gasteiger charge is -2.42. The molecule has 1 saturated carbocycles. The Morgan fingerprint density at radius 2 is 1.74 bits per heavy atom. The van der Waals surface area contributed by atoms with Crippen LogP contribution in [0.2, 0.25) is 0 Å². The second-order valence-electron chi connectivity index (χ2n) is 12.9. The molecule has 5 rings (SSSR count). The summed E-state index contributed by atoms with van der Waals surface area (Å²) in [6.45, 7) is 4.88. The summed E-state index contributed by atoms with van der Waals surface area (Å²) >= 11 is 0. The number of piperazine rings is 1. The Morgan fingerprint density at radius 1 is 1.09 bits per heavy atom. The van der Waals surface area contributed by atoms with Crippen LogP contribution in [-0.2, 0) is 31.6 Å². The molecule has 1 amide bonds. The average molecular weight is 679 g/mol. The molecular weight excluding hydrogens is 636 g/mol. The van der Waals surface area contributed by atoms with Crippen molar-refractivity contribution in [1.82, 2.24) is 9.62 Å². The van der Waals surface area contributed by atoms with Crippen LogP contribution in [0.25, 0.3) is 0 Å². The predicted molar refractivity (Wildman–Crippen MR) is 172 cm³/mol. The number of allylic oxidation sites excluding steroid dienone is 4. The van der Waals surface area contributed by atoms with E-state index in [0.29, 0.717) is 38.4 Å². The van der Waals surface area contributed by atoms with Crippen LogP contribution in [0, 0.1) is 23.4 Å². The molecule has 0 bridgehead atoms. The number of rotatable bonds is 13. The van der Waals surface area contributed by atoms with E-state index in [9.17, 15) is 22.0 Å². The van der Waals surface area contributed by atoms with Crippen molar-refractivity contribution in [1.29, 1.82) is 0 Å². The molecular formula is C34H42F4N4O4S. The van der Waals surface area contributed by atoms with Gasteiger partial charge in [0.1, 0.15) is 17.5 Å². The second-order valence-corrected chi connectivity index (χ2v) is 15.0. The van der Waals surface area contributed by atoms with E-state index in [1.165, 1.54) is 36.4 Å². The summed E-state index contributed by atoms with van der Waals surface area (Å²) in [5, 5.41) is 5.62. The van der Waals surface area contributed by atoms with Crippen LogP contribution in [0.15, 0.2) is 60.7 Å². The summed E-state index contributed by atoms with van der Waals surface area (Å²) in [6, 6.07) is 4.94.